The molecule has 0 aliphatic rings. The molecular formula is C20H19ClN2O3S. The van der Waals surface area contributed by atoms with Crippen molar-refractivity contribution < 1.29 is 13.2 Å². The summed E-state index contributed by atoms with van der Waals surface area (Å²) in [6.45, 7) is 4.04. The number of amides is 1. The van der Waals surface area contributed by atoms with Crippen LogP contribution in [-0.2, 0) is 9.84 Å². The van der Waals surface area contributed by atoms with Crippen molar-refractivity contribution in [2.24, 2.45) is 0 Å². The van der Waals surface area contributed by atoms with Gasteiger partial charge in [-0.3, -0.25) is 4.79 Å². The first-order valence-corrected chi connectivity index (χ1v) is 10.5. The minimum absolute atomic E-state index is 0.0936. The van der Waals surface area contributed by atoms with Gasteiger partial charge in [0.15, 0.2) is 9.84 Å². The number of aromatic nitrogens is 1. The molecule has 1 N–H and O–H groups in total. The summed E-state index contributed by atoms with van der Waals surface area (Å²) in [5.41, 5.74) is 3.87. The predicted molar refractivity (Wildman–Crippen MR) is 108 cm³/mol. The fourth-order valence-corrected chi connectivity index (χ4v) is 3.67. The quantitative estimate of drug-likeness (QED) is 0.703. The molecule has 0 aliphatic heterocycles. The Kier molecular flexibility index (Phi) is 5.13. The number of hydrogen-bond donors (Lipinski definition) is 1. The fourth-order valence-electron chi connectivity index (χ4n) is 2.86. The lowest BCUT2D eigenvalue weighted by atomic mass is 10.2. The van der Waals surface area contributed by atoms with E-state index in [-0.39, 0.29) is 21.5 Å². The number of halogens is 1. The Hall–Kier alpha value is -2.57. The first-order valence-electron chi connectivity index (χ1n) is 8.23. The van der Waals surface area contributed by atoms with E-state index < -0.39 is 9.84 Å². The van der Waals surface area contributed by atoms with Gasteiger partial charge in [0.25, 0.3) is 5.91 Å². The van der Waals surface area contributed by atoms with Crippen LogP contribution in [-0.4, -0.2) is 25.1 Å². The molecule has 3 aromatic rings. The molecule has 0 unspecified atom stereocenters. The average molecular weight is 403 g/mol. The Morgan fingerprint density at radius 1 is 0.963 bits per heavy atom. The van der Waals surface area contributed by atoms with Crippen molar-refractivity contribution in [1.29, 1.82) is 0 Å². The molecule has 0 atom stereocenters. The number of nitrogens with zero attached hydrogens (tertiary/aromatic N) is 1. The number of carbonyl (C=O) groups is 1. The fraction of sp³-hybridized carbons (Fsp3) is 0.150. The molecule has 0 spiro atoms. The Bertz CT molecular complexity index is 1100. The molecule has 7 heteroatoms. The van der Waals surface area contributed by atoms with Gasteiger partial charge in [0.1, 0.15) is 0 Å². The maximum atomic E-state index is 12.5. The summed E-state index contributed by atoms with van der Waals surface area (Å²) in [4.78, 5) is 12.6. The lowest BCUT2D eigenvalue weighted by Crippen LogP contribution is -2.13. The van der Waals surface area contributed by atoms with E-state index in [4.69, 9.17) is 11.6 Å². The summed E-state index contributed by atoms with van der Waals surface area (Å²) < 4.78 is 25.5. The molecule has 1 amide bonds. The molecule has 0 aliphatic carbocycles. The molecular weight excluding hydrogens is 384 g/mol. The molecule has 140 valence electrons. The number of carbonyl (C=O) groups excluding carboxylic acids is 1. The van der Waals surface area contributed by atoms with E-state index in [2.05, 4.69) is 9.88 Å². The van der Waals surface area contributed by atoms with Crippen LogP contribution in [0.2, 0.25) is 5.02 Å². The normalized spacial score (nSPS) is 11.4. The zero-order chi connectivity index (χ0) is 19.8. The molecule has 0 saturated heterocycles. The molecule has 1 heterocycles. The van der Waals surface area contributed by atoms with Gasteiger partial charge in [-0.25, -0.2) is 8.42 Å². The van der Waals surface area contributed by atoms with Crippen LogP contribution in [0.4, 0.5) is 5.69 Å². The van der Waals surface area contributed by atoms with Crippen molar-refractivity contribution >= 4 is 33.0 Å². The predicted octanol–water partition coefficient (Wildman–Crippen LogP) is 4.40. The standard InChI is InChI=1S/C20H19ClN2O3S/c1-13-4-5-14(2)23(13)16-8-6-15(7-9-16)20(24)22-19-12-17(27(3,25)26)10-11-18(19)21/h4-12H,1-3H3,(H,22,24). The highest BCUT2D eigenvalue weighted by Crippen LogP contribution is 2.26. The highest BCUT2D eigenvalue weighted by Gasteiger charge is 2.14. The van der Waals surface area contributed by atoms with Crippen LogP contribution in [0.3, 0.4) is 0 Å². The smallest absolute Gasteiger partial charge is 0.255 e. The number of rotatable bonds is 4. The molecule has 0 radical (unpaired) electrons. The van der Waals surface area contributed by atoms with Gasteiger partial charge in [0.05, 0.1) is 15.6 Å². The van der Waals surface area contributed by atoms with Crippen molar-refractivity contribution in [3.8, 4) is 5.69 Å². The van der Waals surface area contributed by atoms with E-state index in [1.165, 1.54) is 18.2 Å². The second kappa shape index (κ2) is 7.21. The number of anilines is 1. The summed E-state index contributed by atoms with van der Waals surface area (Å²) in [6.07, 6.45) is 1.10. The van der Waals surface area contributed by atoms with Crippen LogP contribution in [0, 0.1) is 13.8 Å². The molecule has 2 aromatic carbocycles. The SMILES string of the molecule is Cc1ccc(C)n1-c1ccc(C(=O)Nc2cc(S(C)(=O)=O)ccc2Cl)cc1. The van der Waals surface area contributed by atoms with Crippen molar-refractivity contribution in [3.63, 3.8) is 0 Å². The second-order valence-electron chi connectivity index (χ2n) is 6.37. The maximum Gasteiger partial charge on any atom is 0.255 e. The minimum atomic E-state index is -3.39. The largest absolute Gasteiger partial charge is 0.321 e. The van der Waals surface area contributed by atoms with Crippen LogP contribution in [0.25, 0.3) is 5.69 Å². The van der Waals surface area contributed by atoms with E-state index >= 15 is 0 Å². The number of aryl methyl sites for hydroxylation is 2. The third kappa shape index (κ3) is 4.07. The summed E-state index contributed by atoms with van der Waals surface area (Å²) in [5, 5.41) is 2.94. The van der Waals surface area contributed by atoms with Gasteiger partial charge in [0.2, 0.25) is 0 Å². The van der Waals surface area contributed by atoms with Gasteiger partial charge in [-0.15, -0.1) is 0 Å². The summed E-state index contributed by atoms with van der Waals surface area (Å²) in [7, 11) is -3.39. The molecule has 3 rings (SSSR count). The van der Waals surface area contributed by atoms with Gasteiger partial charge in [-0.2, -0.15) is 0 Å². The maximum absolute atomic E-state index is 12.5. The molecule has 5 nitrogen and oxygen atoms in total. The third-order valence-corrected chi connectivity index (χ3v) is 5.71. The Morgan fingerprint density at radius 2 is 1.56 bits per heavy atom. The van der Waals surface area contributed by atoms with E-state index in [1.807, 2.05) is 38.1 Å². The van der Waals surface area contributed by atoms with E-state index in [0.717, 1.165) is 23.3 Å². The van der Waals surface area contributed by atoms with Crippen LogP contribution in [0.1, 0.15) is 21.7 Å². The van der Waals surface area contributed by atoms with Gasteiger partial charge < -0.3 is 9.88 Å². The summed E-state index contributed by atoms with van der Waals surface area (Å²) >= 11 is 6.09. The number of nitrogens with one attached hydrogen (secondary N) is 1. The molecule has 1 aromatic heterocycles. The molecule has 0 saturated carbocycles. The number of sulfone groups is 1. The van der Waals surface area contributed by atoms with Crippen molar-refractivity contribution in [2.45, 2.75) is 18.7 Å². The van der Waals surface area contributed by atoms with E-state index in [9.17, 15) is 13.2 Å². The third-order valence-electron chi connectivity index (χ3n) is 4.27. The summed E-state index contributed by atoms with van der Waals surface area (Å²) in [5.74, 6) is -0.366. The highest BCUT2D eigenvalue weighted by molar-refractivity contribution is 7.90. The number of hydrogen-bond acceptors (Lipinski definition) is 3. The lowest BCUT2D eigenvalue weighted by Gasteiger charge is -2.11. The minimum Gasteiger partial charge on any atom is -0.321 e. The van der Waals surface area contributed by atoms with Crippen molar-refractivity contribution in [1.82, 2.24) is 4.57 Å². The average Bonchev–Trinajstić information content (AvgIpc) is 2.94. The van der Waals surface area contributed by atoms with Crippen LogP contribution in [0.15, 0.2) is 59.5 Å². The van der Waals surface area contributed by atoms with Crippen LogP contribution >= 0.6 is 11.6 Å². The van der Waals surface area contributed by atoms with Crippen molar-refractivity contribution in [2.75, 3.05) is 11.6 Å². The molecule has 0 fully saturated rings. The van der Waals surface area contributed by atoms with Crippen LogP contribution in [0.5, 0.6) is 0 Å². The van der Waals surface area contributed by atoms with Gasteiger partial charge >= 0.3 is 0 Å². The monoisotopic (exact) mass is 402 g/mol. The Balaban J connectivity index is 1.85. The Labute approximate surface area is 163 Å². The Morgan fingerprint density at radius 3 is 2.11 bits per heavy atom. The number of benzene rings is 2. The van der Waals surface area contributed by atoms with Crippen LogP contribution < -0.4 is 5.32 Å². The van der Waals surface area contributed by atoms with E-state index in [0.29, 0.717) is 5.56 Å². The van der Waals surface area contributed by atoms with Gasteiger partial charge in [-0.1, -0.05) is 11.6 Å². The second-order valence-corrected chi connectivity index (χ2v) is 8.79. The van der Waals surface area contributed by atoms with Crippen molar-refractivity contribution in [3.05, 3.63) is 76.6 Å². The highest BCUT2D eigenvalue weighted by atomic mass is 35.5. The first kappa shape index (κ1) is 19.2. The molecule has 27 heavy (non-hydrogen) atoms. The topological polar surface area (TPSA) is 68.2 Å². The van der Waals surface area contributed by atoms with E-state index in [1.54, 1.807) is 12.1 Å². The lowest BCUT2D eigenvalue weighted by molar-refractivity contribution is 0.102. The molecule has 0 bridgehead atoms. The van der Waals surface area contributed by atoms with Gasteiger partial charge in [0, 0.05) is 28.9 Å². The zero-order valence-corrected chi connectivity index (χ0v) is 16.7. The first-order chi connectivity index (χ1) is 12.7. The van der Waals surface area contributed by atoms with Gasteiger partial charge in [-0.05, 0) is 68.4 Å². The zero-order valence-electron chi connectivity index (χ0n) is 15.2. The summed E-state index contributed by atoms with van der Waals surface area (Å²) in [6, 6.07) is 15.5.